The second-order valence-corrected chi connectivity index (χ2v) is 2.16. The van der Waals surface area contributed by atoms with Crippen LogP contribution in [0.25, 0.3) is 0 Å². The second-order valence-electron chi connectivity index (χ2n) is 2.16. The molecule has 2 nitrogen and oxygen atoms in total. The fraction of sp³-hybridized carbons (Fsp3) is 0.800. The maximum absolute atomic E-state index is 5.47. The first-order valence-corrected chi connectivity index (χ1v) is 4.66. The number of nitrogens with zero attached hydrogens (tertiary/aromatic N) is 1. The van der Waals surface area contributed by atoms with Gasteiger partial charge in [0.15, 0.2) is 0 Å². The van der Waals surface area contributed by atoms with Crippen molar-refractivity contribution in [1.29, 1.82) is 0 Å². The lowest BCUT2D eigenvalue weighted by Crippen LogP contribution is -2.12. The van der Waals surface area contributed by atoms with Crippen molar-refractivity contribution < 1.29 is 0 Å². The monoisotopic (exact) mass is 174 g/mol. The lowest BCUT2D eigenvalue weighted by atomic mass is 10.4. The average molecular weight is 174 g/mol. The lowest BCUT2D eigenvalue weighted by Gasteiger charge is -2.13. The van der Waals surface area contributed by atoms with E-state index in [9.17, 15) is 0 Å². The first kappa shape index (κ1) is 17.4. The molecule has 0 aliphatic carbocycles. The van der Waals surface area contributed by atoms with Crippen LogP contribution in [-0.2, 0) is 0 Å². The molecule has 0 atom stereocenters. The van der Waals surface area contributed by atoms with Gasteiger partial charge in [0.1, 0.15) is 0 Å². The maximum Gasteiger partial charge on any atom is 0.0283 e. The maximum atomic E-state index is 5.47. The Labute approximate surface area is 78.4 Å². The van der Waals surface area contributed by atoms with Crippen LogP contribution in [0.2, 0.25) is 0 Å². The minimum atomic E-state index is 0.884. The van der Waals surface area contributed by atoms with Crippen LogP contribution >= 0.6 is 0 Å². The average Bonchev–Trinajstić information content (AvgIpc) is 2.10. The summed E-state index contributed by atoms with van der Waals surface area (Å²) < 4.78 is 0. The zero-order chi connectivity index (χ0) is 10.7. The molecule has 0 unspecified atom stereocenters. The molecule has 0 rings (SSSR count). The Morgan fingerprint density at radius 1 is 0.917 bits per heavy atom. The van der Waals surface area contributed by atoms with E-state index in [0.29, 0.717) is 0 Å². The summed E-state index contributed by atoms with van der Waals surface area (Å²) in [4.78, 5) is 2.00. The fourth-order valence-electron chi connectivity index (χ4n) is 0.353. The van der Waals surface area contributed by atoms with E-state index in [-0.39, 0.29) is 0 Å². The van der Waals surface area contributed by atoms with Gasteiger partial charge in [-0.2, -0.15) is 0 Å². The van der Waals surface area contributed by atoms with Crippen LogP contribution in [0.15, 0.2) is 11.4 Å². The van der Waals surface area contributed by atoms with Crippen molar-refractivity contribution in [3.8, 4) is 0 Å². The molecule has 0 amide bonds. The highest BCUT2D eigenvalue weighted by Gasteiger charge is 1.91. The summed E-state index contributed by atoms with van der Waals surface area (Å²) >= 11 is 0. The predicted molar refractivity (Wildman–Crippen MR) is 58.9 cm³/mol. The first-order chi connectivity index (χ1) is 5.55. The minimum Gasteiger partial charge on any atom is -0.401 e. The van der Waals surface area contributed by atoms with E-state index in [1.165, 1.54) is 0 Å². The summed E-state index contributed by atoms with van der Waals surface area (Å²) in [5, 5.41) is 0. The van der Waals surface area contributed by atoms with E-state index in [1.54, 1.807) is 0 Å². The normalized spacial score (nSPS) is 9.67. The molecule has 0 heterocycles. The molecule has 0 spiro atoms. The van der Waals surface area contributed by atoms with Gasteiger partial charge in [-0.3, -0.25) is 0 Å². The summed E-state index contributed by atoms with van der Waals surface area (Å²) in [6.07, 6.45) is 0. The smallest absolute Gasteiger partial charge is 0.0283 e. The molecule has 0 aliphatic heterocycles. The molecule has 0 fully saturated rings. The van der Waals surface area contributed by atoms with Gasteiger partial charge in [0.2, 0.25) is 0 Å². The summed E-state index contributed by atoms with van der Waals surface area (Å²) in [5.41, 5.74) is 7.49. The quantitative estimate of drug-likeness (QED) is 0.662. The van der Waals surface area contributed by atoms with Gasteiger partial charge in [0.05, 0.1) is 0 Å². The van der Waals surface area contributed by atoms with Crippen LogP contribution in [-0.4, -0.2) is 19.0 Å². The second kappa shape index (κ2) is 13.0. The molecule has 0 aliphatic rings. The highest BCUT2D eigenvalue weighted by Crippen LogP contribution is 1.97. The highest BCUT2D eigenvalue weighted by molar-refractivity contribution is 5.02. The third-order valence-electron chi connectivity index (χ3n) is 1.24. The van der Waals surface area contributed by atoms with Gasteiger partial charge in [0.25, 0.3) is 0 Å². The van der Waals surface area contributed by atoms with Crippen LogP contribution in [0.4, 0.5) is 0 Å². The van der Waals surface area contributed by atoms with Crippen molar-refractivity contribution in [3.05, 3.63) is 11.4 Å². The number of rotatable bonds is 1. The van der Waals surface area contributed by atoms with E-state index in [1.807, 2.05) is 60.5 Å². The molecule has 0 saturated carbocycles. The summed E-state index contributed by atoms with van der Waals surface area (Å²) in [7, 11) is 3.96. The van der Waals surface area contributed by atoms with E-state index in [4.69, 9.17) is 5.73 Å². The van der Waals surface area contributed by atoms with E-state index in [2.05, 4.69) is 0 Å². The lowest BCUT2D eigenvalue weighted by molar-refractivity contribution is 0.506. The molecular formula is C10H26N2. The minimum absolute atomic E-state index is 0.884. The van der Waals surface area contributed by atoms with Crippen LogP contribution in [0.5, 0.6) is 0 Å². The van der Waals surface area contributed by atoms with Gasteiger partial charge in [-0.05, 0) is 13.8 Å². The van der Waals surface area contributed by atoms with Crippen LogP contribution in [0.1, 0.15) is 41.5 Å². The van der Waals surface area contributed by atoms with Crippen molar-refractivity contribution in [2.24, 2.45) is 5.73 Å². The standard InChI is InChI=1S/C6H14N2.2C2H6/c1-5(7)6(2)8(3)4;2*1-2/h7H2,1-4H3;2*1-2H3/b6-5-;;. The summed E-state index contributed by atoms with van der Waals surface area (Å²) in [5.74, 6) is 0. The zero-order valence-corrected chi connectivity index (χ0v) is 10.0. The topological polar surface area (TPSA) is 29.3 Å². The van der Waals surface area contributed by atoms with Gasteiger partial charge in [-0.1, -0.05) is 27.7 Å². The predicted octanol–water partition coefficient (Wildman–Crippen LogP) is 2.81. The number of nitrogens with two attached hydrogens (primary N) is 1. The van der Waals surface area contributed by atoms with Crippen molar-refractivity contribution in [2.75, 3.05) is 14.1 Å². The van der Waals surface area contributed by atoms with Crippen molar-refractivity contribution >= 4 is 0 Å². The van der Waals surface area contributed by atoms with Gasteiger partial charge < -0.3 is 10.6 Å². The first-order valence-electron chi connectivity index (χ1n) is 4.66. The molecule has 0 aromatic rings. The molecule has 0 aromatic heterocycles. The molecule has 0 aromatic carbocycles. The Hall–Kier alpha value is -0.660. The Bertz CT molecular complexity index is 100. The Morgan fingerprint density at radius 3 is 1.17 bits per heavy atom. The van der Waals surface area contributed by atoms with E-state index < -0.39 is 0 Å². The number of allylic oxidation sites excluding steroid dienone is 2. The molecule has 0 saturated heterocycles. The van der Waals surface area contributed by atoms with Gasteiger partial charge in [-0.15, -0.1) is 0 Å². The molecule has 0 radical (unpaired) electrons. The van der Waals surface area contributed by atoms with Crippen molar-refractivity contribution in [3.63, 3.8) is 0 Å². The van der Waals surface area contributed by atoms with Gasteiger partial charge >= 0.3 is 0 Å². The van der Waals surface area contributed by atoms with E-state index in [0.717, 1.165) is 11.4 Å². The molecule has 2 N–H and O–H groups in total. The van der Waals surface area contributed by atoms with Gasteiger partial charge in [0, 0.05) is 25.5 Å². The summed E-state index contributed by atoms with van der Waals surface area (Å²) in [6, 6.07) is 0. The molecule has 0 bridgehead atoms. The highest BCUT2D eigenvalue weighted by atomic mass is 15.1. The Balaban J connectivity index is -0.000000175. The Morgan fingerprint density at radius 2 is 1.17 bits per heavy atom. The Kier molecular flexibility index (Phi) is 18.8. The van der Waals surface area contributed by atoms with Crippen molar-refractivity contribution in [2.45, 2.75) is 41.5 Å². The van der Waals surface area contributed by atoms with E-state index >= 15 is 0 Å². The molecule has 12 heavy (non-hydrogen) atoms. The molecule has 2 heteroatoms. The molecule has 76 valence electrons. The number of hydrogen-bond acceptors (Lipinski definition) is 2. The van der Waals surface area contributed by atoms with Gasteiger partial charge in [-0.25, -0.2) is 0 Å². The fourth-order valence-corrected chi connectivity index (χ4v) is 0.353. The zero-order valence-electron chi connectivity index (χ0n) is 10.0. The van der Waals surface area contributed by atoms with Crippen molar-refractivity contribution in [1.82, 2.24) is 4.90 Å². The molecular weight excluding hydrogens is 148 g/mol. The SMILES string of the molecule is C/C(N)=C(\C)N(C)C.CC.CC. The third kappa shape index (κ3) is 12.1. The van der Waals surface area contributed by atoms with Crippen LogP contribution in [0, 0.1) is 0 Å². The van der Waals surface area contributed by atoms with Crippen LogP contribution in [0.3, 0.4) is 0 Å². The number of hydrogen-bond donors (Lipinski definition) is 1. The third-order valence-corrected chi connectivity index (χ3v) is 1.24. The summed E-state index contributed by atoms with van der Waals surface area (Å²) in [6.45, 7) is 11.9. The largest absolute Gasteiger partial charge is 0.401 e. The van der Waals surface area contributed by atoms with Crippen LogP contribution < -0.4 is 5.73 Å².